The summed E-state index contributed by atoms with van der Waals surface area (Å²) >= 11 is 0. The average Bonchev–Trinajstić information content (AvgIpc) is 2.24. The molecule has 0 aromatic carbocycles. The molecular weight excluding hydrogens is 243 g/mol. The molecule has 0 aromatic rings. The molecule has 6 nitrogen and oxygen atoms in total. The highest BCUT2D eigenvalue weighted by Crippen LogP contribution is 2.44. The summed E-state index contributed by atoms with van der Waals surface area (Å²) < 4.78 is 21.0. The summed E-state index contributed by atoms with van der Waals surface area (Å²) in [5, 5.41) is 0. The lowest BCUT2D eigenvalue weighted by atomic mass is 10.2. The van der Waals surface area contributed by atoms with E-state index in [0.717, 1.165) is 32.1 Å². The molecule has 0 heterocycles. The Bertz CT molecular complexity index is 228. The molecule has 2 atom stereocenters. The summed E-state index contributed by atoms with van der Waals surface area (Å²) in [4.78, 5) is 9.33. The Kier molecular flexibility index (Phi) is 10.0. The molecule has 0 radical (unpaired) electrons. The zero-order chi connectivity index (χ0) is 13.1. The van der Waals surface area contributed by atoms with Crippen LogP contribution in [0.2, 0.25) is 0 Å². The van der Waals surface area contributed by atoms with Gasteiger partial charge >= 0.3 is 7.82 Å². The second kappa shape index (κ2) is 10.00. The maximum Gasteiger partial charge on any atom is 0.473 e. The van der Waals surface area contributed by atoms with Crippen LogP contribution in [0.4, 0.5) is 0 Å². The Hall–Kier alpha value is 0.0300. The first-order chi connectivity index (χ1) is 8.02. The minimum atomic E-state index is -3.98. The molecular formula is C10H25N2O4P. The van der Waals surface area contributed by atoms with Gasteiger partial charge in [0.15, 0.2) is 0 Å². The number of unbranched alkanes of at least 4 members (excludes halogenated alkanes) is 3. The van der Waals surface area contributed by atoms with Crippen molar-refractivity contribution in [1.82, 2.24) is 0 Å². The molecule has 0 spiro atoms. The van der Waals surface area contributed by atoms with Gasteiger partial charge in [-0.2, -0.15) is 0 Å². The van der Waals surface area contributed by atoms with Gasteiger partial charge in [-0.25, -0.2) is 4.57 Å². The summed E-state index contributed by atoms with van der Waals surface area (Å²) in [6, 6.07) is 0. The fourth-order valence-corrected chi connectivity index (χ4v) is 2.11. The lowest BCUT2D eigenvalue weighted by molar-refractivity contribution is 0.100. The predicted molar refractivity (Wildman–Crippen MR) is 67.3 cm³/mol. The van der Waals surface area contributed by atoms with Crippen LogP contribution in [0.25, 0.3) is 0 Å². The van der Waals surface area contributed by atoms with Crippen molar-refractivity contribution in [3.63, 3.8) is 0 Å². The zero-order valence-electron chi connectivity index (χ0n) is 10.5. The van der Waals surface area contributed by atoms with Crippen LogP contribution in [0.1, 0.15) is 45.4 Å². The van der Waals surface area contributed by atoms with E-state index < -0.39 is 14.1 Å². The lowest BCUT2D eigenvalue weighted by Crippen LogP contribution is -2.23. The predicted octanol–water partition coefficient (Wildman–Crippen LogP) is 1.72. The van der Waals surface area contributed by atoms with Crippen molar-refractivity contribution in [2.75, 3.05) is 13.2 Å². The SMILES string of the molecule is CCCCOP(=O)(O)OC(N)CCCCCN. The highest BCUT2D eigenvalue weighted by atomic mass is 31.2. The highest BCUT2D eigenvalue weighted by molar-refractivity contribution is 7.47. The number of phosphoric acid groups is 1. The number of rotatable bonds is 11. The third-order valence-corrected chi connectivity index (χ3v) is 3.26. The molecule has 0 bridgehead atoms. The first kappa shape index (κ1) is 17.0. The molecule has 0 saturated heterocycles. The quantitative estimate of drug-likeness (QED) is 0.299. The molecule has 0 aliphatic carbocycles. The summed E-state index contributed by atoms with van der Waals surface area (Å²) in [7, 11) is -3.98. The van der Waals surface area contributed by atoms with Crippen molar-refractivity contribution >= 4 is 7.82 Å². The van der Waals surface area contributed by atoms with Crippen molar-refractivity contribution in [3.8, 4) is 0 Å². The summed E-state index contributed by atoms with van der Waals surface area (Å²) in [5.41, 5.74) is 10.9. The summed E-state index contributed by atoms with van der Waals surface area (Å²) in [6.07, 6.45) is 4.08. The summed E-state index contributed by atoms with van der Waals surface area (Å²) in [6.45, 7) is 2.83. The van der Waals surface area contributed by atoms with Gasteiger partial charge < -0.3 is 16.4 Å². The molecule has 0 amide bonds. The van der Waals surface area contributed by atoms with E-state index in [4.69, 9.17) is 20.5 Å². The van der Waals surface area contributed by atoms with Gasteiger partial charge in [-0.05, 0) is 32.2 Å². The van der Waals surface area contributed by atoms with Crippen LogP contribution in [0.5, 0.6) is 0 Å². The molecule has 0 aromatic heterocycles. The lowest BCUT2D eigenvalue weighted by Gasteiger charge is -2.17. The van der Waals surface area contributed by atoms with E-state index in [0.29, 0.717) is 13.0 Å². The van der Waals surface area contributed by atoms with Gasteiger partial charge in [0.2, 0.25) is 0 Å². The molecule has 0 aliphatic heterocycles. The number of phosphoric ester groups is 1. The molecule has 2 unspecified atom stereocenters. The first-order valence-electron chi connectivity index (χ1n) is 6.13. The minimum Gasteiger partial charge on any atom is -0.330 e. The second-order valence-electron chi connectivity index (χ2n) is 3.94. The smallest absolute Gasteiger partial charge is 0.330 e. The van der Waals surface area contributed by atoms with Gasteiger partial charge in [0.05, 0.1) is 6.61 Å². The van der Waals surface area contributed by atoms with Crippen LogP contribution < -0.4 is 11.5 Å². The third kappa shape index (κ3) is 10.9. The number of hydrogen-bond donors (Lipinski definition) is 3. The largest absolute Gasteiger partial charge is 0.473 e. The zero-order valence-corrected chi connectivity index (χ0v) is 11.4. The maximum absolute atomic E-state index is 11.4. The van der Waals surface area contributed by atoms with Gasteiger partial charge in [0, 0.05) is 0 Å². The molecule has 0 saturated carbocycles. The van der Waals surface area contributed by atoms with Crippen LogP contribution in [0.3, 0.4) is 0 Å². The highest BCUT2D eigenvalue weighted by Gasteiger charge is 2.24. The Morgan fingerprint density at radius 1 is 1.29 bits per heavy atom. The Morgan fingerprint density at radius 3 is 2.59 bits per heavy atom. The molecule has 0 rings (SSSR count). The second-order valence-corrected chi connectivity index (χ2v) is 5.34. The Labute approximate surface area is 103 Å². The van der Waals surface area contributed by atoms with E-state index >= 15 is 0 Å². The third-order valence-electron chi connectivity index (χ3n) is 2.21. The molecule has 17 heavy (non-hydrogen) atoms. The van der Waals surface area contributed by atoms with E-state index in [1.54, 1.807) is 0 Å². The Morgan fingerprint density at radius 2 is 2.00 bits per heavy atom. The normalized spacial score (nSPS) is 16.7. The van der Waals surface area contributed by atoms with Crippen molar-refractivity contribution in [3.05, 3.63) is 0 Å². The Balaban J connectivity index is 3.68. The van der Waals surface area contributed by atoms with Gasteiger partial charge in [-0.1, -0.05) is 19.8 Å². The topological polar surface area (TPSA) is 108 Å². The fraction of sp³-hybridized carbons (Fsp3) is 1.00. The standard InChI is InChI=1S/C10H25N2O4P/c1-2-3-9-15-17(13,14)16-10(12)7-5-4-6-8-11/h10H,2-9,11-12H2,1H3,(H,13,14). The van der Waals surface area contributed by atoms with E-state index in [9.17, 15) is 9.46 Å². The fourth-order valence-electron chi connectivity index (χ4n) is 1.25. The maximum atomic E-state index is 11.4. The van der Waals surface area contributed by atoms with E-state index in [2.05, 4.69) is 0 Å². The molecule has 0 fully saturated rings. The number of nitrogens with two attached hydrogens (primary N) is 2. The molecule has 0 aliphatic rings. The molecule has 104 valence electrons. The van der Waals surface area contributed by atoms with Crippen molar-refractivity contribution in [1.29, 1.82) is 0 Å². The van der Waals surface area contributed by atoms with Crippen molar-refractivity contribution in [2.24, 2.45) is 11.5 Å². The van der Waals surface area contributed by atoms with Crippen molar-refractivity contribution < 1.29 is 18.5 Å². The molecule has 7 heteroatoms. The van der Waals surface area contributed by atoms with Crippen LogP contribution in [0.15, 0.2) is 0 Å². The van der Waals surface area contributed by atoms with Crippen molar-refractivity contribution in [2.45, 2.75) is 51.7 Å². The van der Waals surface area contributed by atoms with E-state index in [-0.39, 0.29) is 6.61 Å². The van der Waals surface area contributed by atoms with Crippen LogP contribution >= 0.6 is 7.82 Å². The van der Waals surface area contributed by atoms with Gasteiger partial charge in [0.1, 0.15) is 6.23 Å². The van der Waals surface area contributed by atoms with Crippen LogP contribution in [0, 0.1) is 0 Å². The summed E-state index contributed by atoms with van der Waals surface area (Å²) in [5.74, 6) is 0. The van der Waals surface area contributed by atoms with Gasteiger partial charge in [0.25, 0.3) is 0 Å². The van der Waals surface area contributed by atoms with Crippen LogP contribution in [-0.4, -0.2) is 24.3 Å². The average molecular weight is 268 g/mol. The van der Waals surface area contributed by atoms with E-state index in [1.165, 1.54) is 0 Å². The first-order valence-corrected chi connectivity index (χ1v) is 7.62. The van der Waals surface area contributed by atoms with Gasteiger partial charge in [-0.3, -0.25) is 9.05 Å². The van der Waals surface area contributed by atoms with Gasteiger partial charge in [-0.15, -0.1) is 0 Å². The van der Waals surface area contributed by atoms with Crippen LogP contribution in [-0.2, 0) is 13.6 Å². The minimum absolute atomic E-state index is 0.212. The monoisotopic (exact) mass is 268 g/mol. The number of hydrogen-bond acceptors (Lipinski definition) is 5. The molecule has 5 N–H and O–H groups in total. The van der Waals surface area contributed by atoms with E-state index in [1.807, 2.05) is 6.92 Å².